The number of hydrogen-bond acceptors (Lipinski definition) is 3. The second-order valence-corrected chi connectivity index (χ2v) is 6.47. The van der Waals surface area contributed by atoms with Gasteiger partial charge in [0.1, 0.15) is 17.9 Å². The van der Waals surface area contributed by atoms with E-state index in [9.17, 15) is 18.0 Å². The number of halogens is 3. The van der Waals surface area contributed by atoms with Crippen molar-refractivity contribution >= 4 is 11.7 Å². The molecule has 28 heavy (non-hydrogen) atoms. The molecule has 0 spiro atoms. The molecule has 1 atom stereocenters. The van der Waals surface area contributed by atoms with Gasteiger partial charge >= 0.3 is 6.18 Å². The van der Waals surface area contributed by atoms with Gasteiger partial charge < -0.3 is 10.1 Å². The normalized spacial score (nSPS) is 16.4. The average molecular weight is 387 g/mol. The zero-order valence-electron chi connectivity index (χ0n) is 14.8. The number of fused-ring (bicyclic) bond motifs is 1. The molecule has 8 heteroatoms. The maximum atomic E-state index is 13.1. The molecule has 1 N–H and O–H groups in total. The minimum atomic E-state index is -4.45. The molecule has 0 unspecified atom stereocenters. The SMILES string of the molecule is COc1ccc([C@H]2CC(=O)Nc3c2ncn3-c2cccc(C(F)(F)F)c2)cc1. The van der Waals surface area contributed by atoms with Crippen molar-refractivity contribution in [2.24, 2.45) is 0 Å². The number of ether oxygens (including phenoxy) is 1. The van der Waals surface area contributed by atoms with Crippen LogP contribution >= 0.6 is 0 Å². The predicted octanol–water partition coefficient (Wildman–Crippen LogP) is 4.37. The van der Waals surface area contributed by atoms with Crippen LogP contribution in [0.1, 0.15) is 29.2 Å². The Labute approximate surface area is 158 Å². The topological polar surface area (TPSA) is 56.1 Å². The van der Waals surface area contributed by atoms with E-state index in [0.717, 1.165) is 17.7 Å². The molecule has 1 aliphatic heterocycles. The van der Waals surface area contributed by atoms with Gasteiger partial charge in [0.15, 0.2) is 0 Å². The van der Waals surface area contributed by atoms with E-state index in [4.69, 9.17) is 4.74 Å². The number of rotatable bonds is 3. The van der Waals surface area contributed by atoms with Crippen LogP contribution in [0.2, 0.25) is 0 Å². The fourth-order valence-electron chi connectivity index (χ4n) is 3.35. The van der Waals surface area contributed by atoms with Gasteiger partial charge in [-0.2, -0.15) is 13.2 Å². The van der Waals surface area contributed by atoms with Crippen molar-refractivity contribution in [1.82, 2.24) is 9.55 Å². The van der Waals surface area contributed by atoms with Gasteiger partial charge in [-0.05, 0) is 35.9 Å². The van der Waals surface area contributed by atoms with Crippen molar-refractivity contribution in [3.63, 3.8) is 0 Å². The number of imidazole rings is 1. The number of hydrogen-bond donors (Lipinski definition) is 1. The Morgan fingerprint density at radius 2 is 1.93 bits per heavy atom. The Hall–Kier alpha value is -3.29. The summed E-state index contributed by atoms with van der Waals surface area (Å²) in [5, 5.41) is 2.74. The zero-order chi connectivity index (χ0) is 19.9. The quantitative estimate of drug-likeness (QED) is 0.726. The summed E-state index contributed by atoms with van der Waals surface area (Å²) in [6.45, 7) is 0. The number of amides is 1. The van der Waals surface area contributed by atoms with Crippen LogP contribution in [-0.2, 0) is 11.0 Å². The number of carbonyl (C=O) groups excluding carboxylic acids is 1. The lowest BCUT2D eigenvalue weighted by atomic mass is 9.90. The number of nitrogens with one attached hydrogen (secondary N) is 1. The first kappa shape index (κ1) is 18.1. The molecule has 0 saturated heterocycles. The number of anilines is 1. The van der Waals surface area contributed by atoms with E-state index in [-0.39, 0.29) is 23.9 Å². The number of alkyl halides is 3. The lowest BCUT2D eigenvalue weighted by Gasteiger charge is -2.23. The summed E-state index contributed by atoms with van der Waals surface area (Å²) < 4.78 is 45.8. The third-order valence-electron chi connectivity index (χ3n) is 4.74. The number of aromatic nitrogens is 2. The predicted molar refractivity (Wildman–Crippen MR) is 96.6 cm³/mol. The van der Waals surface area contributed by atoms with Crippen molar-refractivity contribution in [3.8, 4) is 11.4 Å². The molecule has 1 aliphatic rings. The Morgan fingerprint density at radius 1 is 1.18 bits per heavy atom. The van der Waals surface area contributed by atoms with Crippen molar-refractivity contribution in [1.29, 1.82) is 0 Å². The molecule has 5 nitrogen and oxygen atoms in total. The molecule has 1 aromatic heterocycles. The smallest absolute Gasteiger partial charge is 0.416 e. The van der Waals surface area contributed by atoms with Gasteiger partial charge in [-0.25, -0.2) is 4.98 Å². The van der Waals surface area contributed by atoms with Crippen LogP contribution in [0, 0.1) is 0 Å². The first-order chi connectivity index (χ1) is 13.4. The van der Waals surface area contributed by atoms with E-state index >= 15 is 0 Å². The number of carbonyl (C=O) groups is 1. The summed E-state index contributed by atoms with van der Waals surface area (Å²) in [7, 11) is 1.57. The van der Waals surface area contributed by atoms with Gasteiger partial charge in [0.2, 0.25) is 5.91 Å². The Kier molecular flexibility index (Phi) is 4.33. The van der Waals surface area contributed by atoms with Crippen LogP contribution in [0.25, 0.3) is 5.69 Å². The lowest BCUT2D eigenvalue weighted by molar-refractivity contribution is -0.137. The van der Waals surface area contributed by atoms with E-state index < -0.39 is 11.7 Å². The minimum Gasteiger partial charge on any atom is -0.497 e. The van der Waals surface area contributed by atoms with Gasteiger partial charge in [0.25, 0.3) is 0 Å². The summed E-state index contributed by atoms with van der Waals surface area (Å²) in [5.41, 5.74) is 1.01. The van der Waals surface area contributed by atoms with E-state index in [1.807, 2.05) is 12.1 Å². The summed E-state index contributed by atoms with van der Waals surface area (Å²) >= 11 is 0. The lowest BCUT2D eigenvalue weighted by Crippen LogP contribution is -2.25. The molecular formula is C20H16F3N3O2. The van der Waals surface area contributed by atoms with Crippen LogP contribution in [-0.4, -0.2) is 22.6 Å². The van der Waals surface area contributed by atoms with Gasteiger partial charge in [-0.3, -0.25) is 9.36 Å². The third-order valence-corrected chi connectivity index (χ3v) is 4.74. The number of methoxy groups -OCH3 is 1. The van der Waals surface area contributed by atoms with Gasteiger partial charge in [0.05, 0.1) is 18.4 Å². The highest BCUT2D eigenvalue weighted by Gasteiger charge is 2.33. The summed E-state index contributed by atoms with van der Waals surface area (Å²) in [4.78, 5) is 16.7. The summed E-state index contributed by atoms with van der Waals surface area (Å²) in [6, 6.07) is 12.2. The second kappa shape index (κ2) is 6.70. The minimum absolute atomic E-state index is 0.207. The van der Waals surface area contributed by atoms with Crippen LogP contribution in [0.15, 0.2) is 54.9 Å². The first-order valence-corrected chi connectivity index (χ1v) is 8.55. The standard InChI is InChI=1S/C20H16F3N3O2/c1-28-15-7-5-12(6-8-15)16-10-17(27)25-19-18(16)24-11-26(19)14-4-2-3-13(9-14)20(21,22)23/h2-9,11,16H,10H2,1H3,(H,25,27)/t16-/m1/s1. The van der Waals surface area contributed by atoms with Crippen LogP contribution in [0.3, 0.4) is 0 Å². The fraction of sp³-hybridized carbons (Fsp3) is 0.200. The largest absolute Gasteiger partial charge is 0.497 e. The molecule has 0 bridgehead atoms. The monoisotopic (exact) mass is 387 g/mol. The molecular weight excluding hydrogens is 371 g/mol. The van der Waals surface area contributed by atoms with Gasteiger partial charge in [-0.1, -0.05) is 18.2 Å². The summed E-state index contributed by atoms with van der Waals surface area (Å²) in [5.74, 6) is 0.568. The Balaban J connectivity index is 1.77. The molecule has 3 aromatic rings. The fourth-order valence-corrected chi connectivity index (χ4v) is 3.35. The zero-order valence-corrected chi connectivity index (χ0v) is 14.8. The highest BCUT2D eigenvalue weighted by molar-refractivity contribution is 5.94. The molecule has 4 rings (SSSR count). The Bertz CT molecular complexity index is 1030. The Morgan fingerprint density at radius 3 is 2.61 bits per heavy atom. The van der Waals surface area contributed by atoms with E-state index in [0.29, 0.717) is 17.3 Å². The van der Waals surface area contributed by atoms with Crippen molar-refractivity contribution < 1.29 is 22.7 Å². The highest BCUT2D eigenvalue weighted by Crippen LogP contribution is 2.38. The van der Waals surface area contributed by atoms with Crippen molar-refractivity contribution in [3.05, 3.63) is 71.7 Å². The summed E-state index contributed by atoms with van der Waals surface area (Å²) in [6.07, 6.45) is -2.81. The second-order valence-electron chi connectivity index (χ2n) is 6.47. The molecule has 0 radical (unpaired) electrons. The number of nitrogens with zero attached hydrogens (tertiary/aromatic N) is 2. The van der Waals surface area contributed by atoms with Crippen LogP contribution < -0.4 is 10.1 Å². The third kappa shape index (κ3) is 3.21. The highest BCUT2D eigenvalue weighted by atomic mass is 19.4. The molecule has 2 heterocycles. The van der Waals surface area contributed by atoms with E-state index in [1.54, 1.807) is 25.3 Å². The number of benzene rings is 2. The van der Waals surface area contributed by atoms with Crippen molar-refractivity contribution in [2.75, 3.05) is 12.4 Å². The first-order valence-electron chi connectivity index (χ1n) is 8.55. The molecule has 0 fully saturated rings. The van der Waals surface area contributed by atoms with Crippen LogP contribution in [0.4, 0.5) is 19.0 Å². The molecule has 0 saturated carbocycles. The van der Waals surface area contributed by atoms with Gasteiger partial charge in [-0.15, -0.1) is 0 Å². The molecule has 2 aromatic carbocycles. The molecule has 0 aliphatic carbocycles. The molecule has 144 valence electrons. The average Bonchev–Trinajstić information content (AvgIpc) is 3.10. The van der Waals surface area contributed by atoms with E-state index in [2.05, 4.69) is 10.3 Å². The van der Waals surface area contributed by atoms with Gasteiger partial charge in [0, 0.05) is 18.0 Å². The maximum absolute atomic E-state index is 13.1. The van der Waals surface area contributed by atoms with Crippen LogP contribution in [0.5, 0.6) is 5.75 Å². The molecule has 1 amide bonds. The van der Waals surface area contributed by atoms with E-state index in [1.165, 1.54) is 17.0 Å². The maximum Gasteiger partial charge on any atom is 0.416 e. The van der Waals surface area contributed by atoms with Crippen molar-refractivity contribution in [2.45, 2.75) is 18.5 Å².